The Kier molecular flexibility index (Phi) is 8.31. The van der Waals surface area contributed by atoms with Crippen LogP contribution in [0.3, 0.4) is 0 Å². The number of carbonyl (C=O) groups excluding carboxylic acids is 4. The molecule has 2 saturated carbocycles. The molecular weight excluding hydrogens is 568 g/mol. The van der Waals surface area contributed by atoms with Crippen molar-refractivity contribution in [3.05, 3.63) is 60.2 Å². The summed E-state index contributed by atoms with van der Waals surface area (Å²) in [7, 11) is 0. The van der Waals surface area contributed by atoms with Gasteiger partial charge < -0.3 is 28.8 Å². The standard InChI is InChI=1S/C34H42O10/c1-8-25(37)44-27-19(4)16-34(39)26(27)29(41-20(5)35)33-17-40-32(7,31(34)42-21(6)36)28(33)23(18(2)3)14-15-24(33)43-30(38)22-12-10-9-11-13-22/h9-15,19,23-24,26-29,31,39H,2,8,16-17H2,1,3-7H3. The minimum absolute atomic E-state index is 0.0659. The van der Waals surface area contributed by atoms with Crippen molar-refractivity contribution >= 4 is 23.9 Å². The lowest BCUT2D eigenvalue weighted by molar-refractivity contribution is -0.236. The molecule has 3 fully saturated rings. The van der Waals surface area contributed by atoms with Gasteiger partial charge in [-0.2, -0.15) is 0 Å². The quantitative estimate of drug-likeness (QED) is 0.275. The molecule has 0 radical (unpaired) electrons. The molecule has 44 heavy (non-hydrogen) atoms. The minimum atomic E-state index is -1.85. The maximum absolute atomic E-state index is 13.6. The third-order valence-corrected chi connectivity index (χ3v) is 10.1. The minimum Gasteiger partial charge on any atom is -0.462 e. The van der Waals surface area contributed by atoms with Crippen molar-refractivity contribution in [2.24, 2.45) is 29.1 Å². The zero-order valence-electron chi connectivity index (χ0n) is 26.1. The first-order valence-corrected chi connectivity index (χ1v) is 15.2. The third-order valence-electron chi connectivity index (χ3n) is 10.1. The summed E-state index contributed by atoms with van der Waals surface area (Å²) in [6, 6.07) is 8.52. The number of allylic oxidation sites excluding steroid dienone is 2. The summed E-state index contributed by atoms with van der Waals surface area (Å²) in [6.45, 7) is 13.8. The monoisotopic (exact) mass is 610 g/mol. The van der Waals surface area contributed by atoms with Gasteiger partial charge in [0.25, 0.3) is 0 Å². The molecule has 0 spiro atoms. The second kappa shape index (κ2) is 11.5. The van der Waals surface area contributed by atoms with E-state index in [2.05, 4.69) is 6.58 Å². The number of hydrogen-bond acceptors (Lipinski definition) is 10. The second-order valence-electron chi connectivity index (χ2n) is 13.0. The normalized spacial score (nSPS) is 40.2. The van der Waals surface area contributed by atoms with Crippen molar-refractivity contribution in [2.45, 2.75) is 90.0 Å². The lowest BCUT2D eigenvalue weighted by Gasteiger charge is -2.51. The van der Waals surface area contributed by atoms with E-state index in [0.717, 1.165) is 5.57 Å². The molecule has 3 aliphatic carbocycles. The van der Waals surface area contributed by atoms with Gasteiger partial charge >= 0.3 is 23.9 Å². The fourth-order valence-electron chi connectivity index (χ4n) is 8.59. The van der Waals surface area contributed by atoms with E-state index < -0.39 is 88.6 Å². The van der Waals surface area contributed by atoms with Gasteiger partial charge in [0.15, 0.2) is 6.10 Å². The van der Waals surface area contributed by atoms with Gasteiger partial charge in [0.2, 0.25) is 0 Å². The van der Waals surface area contributed by atoms with Crippen LogP contribution in [0.1, 0.15) is 64.7 Å². The molecule has 4 aliphatic rings. The maximum Gasteiger partial charge on any atom is 0.338 e. The van der Waals surface area contributed by atoms with Crippen LogP contribution < -0.4 is 0 Å². The van der Waals surface area contributed by atoms with Crippen LogP contribution in [0, 0.1) is 29.1 Å². The highest BCUT2D eigenvalue weighted by Crippen LogP contribution is 2.68. The van der Waals surface area contributed by atoms with Gasteiger partial charge in [-0.05, 0) is 44.4 Å². The molecule has 11 unspecified atom stereocenters. The molecule has 2 bridgehead atoms. The van der Waals surface area contributed by atoms with Crippen molar-refractivity contribution in [3.63, 3.8) is 0 Å². The molecule has 1 aliphatic heterocycles. The summed E-state index contributed by atoms with van der Waals surface area (Å²) in [5.41, 5.74) is -3.42. The van der Waals surface area contributed by atoms with Crippen LogP contribution in [-0.4, -0.2) is 71.2 Å². The van der Waals surface area contributed by atoms with Gasteiger partial charge in [-0.3, -0.25) is 14.4 Å². The van der Waals surface area contributed by atoms with E-state index in [1.807, 2.05) is 19.9 Å². The SMILES string of the molecule is C=C(C)C1C=CC(OC(=O)c2ccccc2)C23COC(C)(C(OC(C)=O)C4(O)CC(C)C(OC(=O)CC)C4C2OC(C)=O)C13. The molecule has 1 heterocycles. The molecule has 1 aromatic rings. The van der Waals surface area contributed by atoms with E-state index >= 15 is 0 Å². The number of fused-ring (bicyclic) bond motifs is 1. The number of carbonyl (C=O) groups is 4. The number of hydrogen-bond donors (Lipinski definition) is 1. The van der Waals surface area contributed by atoms with Crippen molar-refractivity contribution in [1.29, 1.82) is 0 Å². The molecule has 11 atom stereocenters. The Morgan fingerprint density at radius 2 is 1.66 bits per heavy atom. The van der Waals surface area contributed by atoms with Crippen LogP contribution >= 0.6 is 0 Å². The zero-order valence-corrected chi connectivity index (χ0v) is 26.1. The van der Waals surface area contributed by atoms with E-state index in [1.165, 1.54) is 13.8 Å². The lowest BCUT2D eigenvalue weighted by atomic mass is 9.55. The first-order chi connectivity index (χ1) is 20.7. The van der Waals surface area contributed by atoms with Crippen LogP contribution in [0.5, 0.6) is 0 Å². The Labute approximate surface area is 257 Å². The van der Waals surface area contributed by atoms with Crippen molar-refractivity contribution in [3.8, 4) is 0 Å². The summed E-state index contributed by atoms with van der Waals surface area (Å²) in [5.74, 6) is -4.87. The first kappa shape index (κ1) is 31.9. The number of benzene rings is 1. The van der Waals surface area contributed by atoms with E-state index in [9.17, 15) is 24.3 Å². The van der Waals surface area contributed by atoms with Crippen LogP contribution in [0.15, 0.2) is 54.6 Å². The van der Waals surface area contributed by atoms with E-state index in [-0.39, 0.29) is 19.4 Å². The molecule has 1 aromatic carbocycles. The Balaban J connectivity index is 1.79. The van der Waals surface area contributed by atoms with E-state index in [1.54, 1.807) is 50.3 Å². The van der Waals surface area contributed by atoms with Crippen LogP contribution in [0.2, 0.25) is 0 Å². The van der Waals surface area contributed by atoms with Gasteiger partial charge in [-0.1, -0.05) is 50.3 Å². The molecule has 10 heteroatoms. The van der Waals surface area contributed by atoms with Gasteiger partial charge in [-0.15, -0.1) is 0 Å². The van der Waals surface area contributed by atoms with Gasteiger partial charge in [0.1, 0.15) is 29.5 Å². The number of rotatable bonds is 7. The Hall–Kier alpha value is -3.50. The van der Waals surface area contributed by atoms with Crippen molar-refractivity contribution in [1.82, 2.24) is 0 Å². The lowest BCUT2D eigenvalue weighted by Crippen LogP contribution is -2.63. The Morgan fingerprint density at radius 1 is 1.00 bits per heavy atom. The topological polar surface area (TPSA) is 135 Å². The van der Waals surface area contributed by atoms with Crippen molar-refractivity contribution in [2.75, 3.05) is 6.61 Å². The number of ether oxygens (including phenoxy) is 5. The summed E-state index contributed by atoms with van der Waals surface area (Å²) < 4.78 is 31.1. The second-order valence-corrected chi connectivity index (χ2v) is 13.0. The molecule has 0 aromatic heterocycles. The average molecular weight is 611 g/mol. The largest absolute Gasteiger partial charge is 0.462 e. The van der Waals surface area contributed by atoms with Crippen molar-refractivity contribution < 1.29 is 48.0 Å². The van der Waals surface area contributed by atoms with Crippen LogP contribution in [-0.2, 0) is 38.1 Å². The number of esters is 4. The van der Waals surface area contributed by atoms with Gasteiger partial charge in [-0.25, -0.2) is 4.79 Å². The van der Waals surface area contributed by atoms with E-state index in [0.29, 0.717) is 5.56 Å². The molecule has 10 nitrogen and oxygen atoms in total. The smallest absolute Gasteiger partial charge is 0.338 e. The molecule has 5 rings (SSSR count). The third kappa shape index (κ3) is 4.86. The van der Waals surface area contributed by atoms with Crippen LogP contribution in [0.4, 0.5) is 0 Å². The summed E-state index contributed by atoms with van der Waals surface area (Å²) in [4.78, 5) is 52.0. The molecule has 1 saturated heterocycles. The summed E-state index contributed by atoms with van der Waals surface area (Å²) in [5, 5.41) is 12.8. The van der Waals surface area contributed by atoms with Crippen LogP contribution in [0.25, 0.3) is 0 Å². The zero-order chi connectivity index (χ0) is 32.2. The summed E-state index contributed by atoms with van der Waals surface area (Å²) >= 11 is 0. The first-order valence-electron chi connectivity index (χ1n) is 15.2. The van der Waals surface area contributed by atoms with Gasteiger partial charge in [0.05, 0.1) is 23.5 Å². The molecular formula is C34H42O10. The molecule has 238 valence electrons. The highest BCUT2D eigenvalue weighted by molar-refractivity contribution is 5.89. The Morgan fingerprint density at radius 3 is 2.25 bits per heavy atom. The molecule has 1 N–H and O–H groups in total. The summed E-state index contributed by atoms with van der Waals surface area (Å²) in [6.07, 6.45) is -0.539. The van der Waals surface area contributed by atoms with E-state index in [4.69, 9.17) is 23.7 Å². The average Bonchev–Trinajstić information content (AvgIpc) is 3.40. The highest BCUT2D eigenvalue weighted by atomic mass is 16.6. The number of aliphatic hydroxyl groups is 1. The maximum atomic E-state index is 13.6. The van der Waals surface area contributed by atoms with Gasteiger partial charge in [0, 0.05) is 32.1 Å². The fourth-order valence-corrected chi connectivity index (χ4v) is 8.59. The molecule has 0 amide bonds. The Bertz CT molecular complexity index is 1370. The predicted octanol–water partition coefficient (Wildman–Crippen LogP) is 3.95. The highest BCUT2D eigenvalue weighted by Gasteiger charge is 2.80. The fraction of sp³-hybridized carbons (Fsp3) is 0.588. The predicted molar refractivity (Wildman–Crippen MR) is 157 cm³/mol.